The molecular formula is C11H20N2O2S3. The van der Waals surface area contributed by atoms with Gasteiger partial charge in [0.1, 0.15) is 4.21 Å². The van der Waals surface area contributed by atoms with Gasteiger partial charge < -0.3 is 5.73 Å². The zero-order valence-electron chi connectivity index (χ0n) is 10.9. The molecule has 0 aromatic carbocycles. The second-order valence-electron chi connectivity index (χ2n) is 4.09. The molecule has 0 aliphatic heterocycles. The molecule has 2 N–H and O–H groups in total. The monoisotopic (exact) mass is 308 g/mol. The van der Waals surface area contributed by atoms with Crippen molar-refractivity contribution < 1.29 is 8.42 Å². The van der Waals surface area contributed by atoms with Crippen LogP contribution in [-0.2, 0) is 16.4 Å². The quantitative estimate of drug-likeness (QED) is 0.831. The van der Waals surface area contributed by atoms with E-state index in [1.54, 1.807) is 24.9 Å². The summed E-state index contributed by atoms with van der Waals surface area (Å²) in [5.41, 5.74) is 5.47. The topological polar surface area (TPSA) is 63.4 Å². The average molecular weight is 308 g/mol. The molecule has 0 aliphatic carbocycles. The van der Waals surface area contributed by atoms with Crippen LogP contribution in [0.4, 0.5) is 0 Å². The third-order valence-electron chi connectivity index (χ3n) is 2.69. The molecule has 0 saturated heterocycles. The number of thioether (sulfide) groups is 1. The summed E-state index contributed by atoms with van der Waals surface area (Å²) in [6.45, 7) is 2.46. The summed E-state index contributed by atoms with van der Waals surface area (Å²) in [6.07, 6.45) is 2.70. The number of nitrogens with two attached hydrogens (primary N) is 1. The highest BCUT2D eigenvalue weighted by molar-refractivity contribution is 7.98. The van der Waals surface area contributed by atoms with Gasteiger partial charge in [0.2, 0.25) is 0 Å². The maximum absolute atomic E-state index is 12.4. The molecule has 0 aliphatic rings. The van der Waals surface area contributed by atoms with Crippen molar-refractivity contribution in [1.29, 1.82) is 0 Å². The van der Waals surface area contributed by atoms with Gasteiger partial charge in [-0.25, -0.2) is 8.42 Å². The minimum absolute atomic E-state index is 0.00921. The van der Waals surface area contributed by atoms with E-state index in [0.29, 0.717) is 10.8 Å². The lowest BCUT2D eigenvalue weighted by Gasteiger charge is -2.22. The first kappa shape index (κ1) is 16.0. The highest BCUT2D eigenvalue weighted by Crippen LogP contribution is 2.26. The molecule has 1 heterocycles. The van der Waals surface area contributed by atoms with Gasteiger partial charge in [0.05, 0.1) is 0 Å². The number of hydrogen-bond acceptors (Lipinski definition) is 5. The zero-order valence-corrected chi connectivity index (χ0v) is 13.4. The average Bonchev–Trinajstić information content (AvgIpc) is 2.78. The van der Waals surface area contributed by atoms with Crippen molar-refractivity contribution >= 4 is 33.1 Å². The summed E-state index contributed by atoms with van der Waals surface area (Å²) < 4.78 is 26.6. The van der Waals surface area contributed by atoms with E-state index in [0.717, 1.165) is 17.1 Å². The normalized spacial score (nSPS) is 14.1. The molecular weight excluding hydrogens is 288 g/mol. The lowest BCUT2D eigenvalue weighted by Crippen LogP contribution is -2.36. The first-order valence-corrected chi connectivity index (χ1v) is 9.34. The van der Waals surface area contributed by atoms with Gasteiger partial charge in [0.25, 0.3) is 10.0 Å². The second kappa shape index (κ2) is 6.91. The van der Waals surface area contributed by atoms with Gasteiger partial charge in [0, 0.05) is 23.7 Å². The van der Waals surface area contributed by atoms with E-state index in [9.17, 15) is 8.42 Å². The number of sulfonamides is 1. The van der Waals surface area contributed by atoms with E-state index >= 15 is 0 Å². The van der Waals surface area contributed by atoms with E-state index in [4.69, 9.17) is 5.73 Å². The molecule has 0 amide bonds. The molecule has 0 fully saturated rings. The molecule has 0 radical (unpaired) electrons. The molecule has 1 aromatic heterocycles. The van der Waals surface area contributed by atoms with Crippen molar-refractivity contribution in [3.63, 3.8) is 0 Å². The van der Waals surface area contributed by atoms with Crippen molar-refractivity contribution in [3.05, 3.63) is 17.0 Å². The summed E-state index contributed by atoms with van der Waals surface area (Å²) in [5, 5.41) is 0. The first-order valence-electron chi connectivity index (χ1n) is 5.69. The smallest absolute Gasteiger partial charge is 0.252 e. The van der Waals surface area contributed by atoms with E-state index in [1.807, 2.05) is 19.2 Å². The van der Waals surface area contributed by atoms with Crippen LogP contribution in [0.2, 0.25) is 0 Å². The van der Waals surface area contributed by atoms with Gasteiger partial charge in [-0.1, -0.05) is 0 Å². The molecule has 18 heavy (non-hydrogen) atoms. The summed E-state index contributed by atoms with van der Waals surface area (Å²) in [4.78, 5) is 1.02. The Morgan fingerprint density at radius 3 is 2.72 bits per heavy atom. The molecule has 1 atom stereocenters. The lowest BCUT2D eigenvalue weighted by atomic mass is 10.3. The van der Waals surface area contributed by atoms with Crippen LogP contribution in [0, 0.1) is 0 Å². The van der Waals surface area contributed by atoms with Crippen LogP contribution in [-0.4, -0.2) is 44.4 Å². The fourth-order valence-corrected chi connectivity index (χ4v) is 5.22. The Morgan fingerprint density at radius 2 is 2.17 bits per heavy atom. The molecule has 7 heteroatoms. The fourth-order valence-electron chi connectivity index (χ4n) is 1.50. The SMILES string of the molecule is CSCC(C)N(C)S(=O)(=O)c1ccc(CCN)s1. The predicted molar refractivity (Wildman–Crippen MR) is 79.9 cm³/mol. The van der Waals surface area contributed by atoms with Crippen LogP contribution >= 0.6 is 23.1 Å². The number of rotatable bonds is 7. The number of nitrogens with zero attached hydrogens (tertiary/aromatic N) is 1. The van der Waals surface area contributed by atoms with Crippen molar-refractivity contribution in [1.82, 2.24) is 4.31 Å². The largest absolute Gasteiger partial charge is 0.330 e. The molecule has 4 nitrogen and oxygen atoms in total. The molecule has 0 bridgehead atoms. The van der Waals surface area contributed by atoms with Crippen molar-refractivity contribution in [2.45, 2.75) is 23.6 Å². The second-order valence-corrected chi connectivity index (χ2v) is 8.39. The highest BCUT2D eigenvalue weighted by atomic mass is 32.2. The zero-order chi connectivity index (χ0) is 13.8. The van der Waals surface area contributed by atoms with Crippen molar-refractivity contribution in [3.8, 4) is 0 Å². The van der Waals surface area contributed by atoms with Crippen LogP contribution < -0.4 is 5.73 Å². The first-order chi connectivity index (χ1) is 8.43. The van der Waals surface area contributed by atoms with E-state index in [-0.39, 0.29) is 6.04 Å². The number of hydrogen-bond donors (Lipinski definition) is 1. The van der Waals surface area contributed by atoms with Crippen LogP contribution in [0.3, 0.4) is 0 Å². The molecule has 0 spiro atoms. The fraction of sp³-hybridized carbons (Fsp3) is 0.636. The summed E-state index contributed by atoms with van der Waals surface area (Å²) in [7, 11) is -1.72. The molecule has 104 valence electrons. The Bertz CT molecular complexity index is 470. The molecule has 0 saturated carbocycles. The van der Waals surface area contributed by atoms with E-state index in [1.165, 1.54) is 15.6 Å². The van der Waals surface area contributed by atoms with Gasteiger partial charge in [-0.05, 0) is 38.3 Å². The number of thiophene rings is 1. The van der Waals surface area contributed by atoms with Crippen molar-refractivity contribution in [2.75, 3.05) is 25.6 Å². The Balaban J connectivity index is 2.90. The van der Waals surface area contributed by atoms with Gasteiger partial charge in [-0.3, -0.25) is 0 Å². The maximum Gasteiger partial charge on any atom is 0.252 e. The molecule has 1 aromatic rings. The summed E-state index contributed by atoms with van der Waals surface area (Å²) in [5.74, 6) is 0.788. The van der Waals surface area contributed by atoms with Crippen LogP contribution in [0.25, 0.3) is 0 Å². The van der Waals surface area contributed by atoms with Gasteiger partial charge >= 0.3 is 0 Å². The third kappa shape index (κ3) is 3.71. The van der Waals surface area contributed by atoms with E-state index < -0.39 is 10.0 Å². The summed E-state index contributed by atoms with van der Waals surface area (Å²) in [6, 6.07) is 3.51. The Hall–Kier alpha value is -0.0800. The third-order valence-corrected chi connectivity index (χ3v) is 7.09. The standard InChI is InChI=1S/C11H20N2O2S3/c1-9(8-16-3)13(2)18(14,15)11-5-4-10(17-11)6-7-12/h4-5,9H,6-8,12H2,1-3H3. The molecule has 1 unspecified atom stereocenters. The van der Waals surface area contributed by atoms with Crippen LogP contribution in [0.1, 0.15) is 11.8 Å². The van der Waals surface area contributed by atoms with Gasteiger partial charge in [-0.2, -0.15) is 16.1 Å². The Labute approximate surface area is 118 Å². The van der Waals surface area contributed by atoms with Crippen LogP contribution in [0.5, 0.6) is 0 Å². The minimum Gasteiger partial charge on any atom is -0.330 e. The van der Waals surface area contributed by atoms with Gasteiger partial charge in [0.15, 0.2) is 0 Å². The van der Waals surface area contributed by atoms with Gasteiger partial charge in [-0.15, -0.1) is 11.3 Å². The lowest BCUT2D eigenvalue weighted by molar-refractivity contribution is 0.416. The van der Waals surface area contributed by atoms with E-state index in [2.05, 4.69) is 0 Å². The predicted octanol–water partition coefficient (Wildman–Crippen LogP) is 1.62. The Morgan fingerprint density at radius 1 is 1.50 bits per heavy atom. The van der Waals surface area contributed by atoms with Crippen LogP contribution in [0.15, 0.2) is 16.3 Å². The summed E-state index contributed by atoms with van der Waals surface area (Å²) >= 11 is 2.96. The molecule has 1 rings (SSSR count). The van der Waals surface area contributed by atoms with Crippen molar-refractivity contribution in [2.24, 2.45) is 5.73 Å². The highest BCUT2D eigenvalue weighted by Gasteiger charge is 2.26. The minimum atomic E-state index is -3.36. The Kier molecular flexibility index (Phi) is 6.13. The maximum atomic E-state index is 12.4.